The number of alkyl halides is 6. The van der Waals surface area contributed by atoms with Crippen molar-refractivity contribution < 1.29 is 35.5 Å². The number of thiophene rings is 1. The van der Waals surface area contributed by atoms with E-state index < -0.39 is 46.2 Å². The van der Waals surface area contributed by atoms with Crippen molar-refractivity contribution in [2.45, 2.75) is 45.1 Å². The summed E-state index contributed by atoms with van der Waals surface area (Å²) in [5.74, 6) is -1.32. The zero-order valence-electron chi connectivity index (χ0n) is 23.8. The highest BCUT2D eigenvalue weighted by molar-refractivity contribution is 7.16. The molecule has 1 fully saturated rings. The van der Waals surface area contributed by atoms with Crippen molar-refractivity contribution in [1.29, 1.82) is 5.26 Å². The van der Waals surface area contributed by atoms with E-state index in [4.69, 9.17) is 0 Å². The van der Waals surface area contributed by atoms with E-state index in [-0.39, 0.29) is 17.3 Å². The molecule has 0 saturated carbocycles. The molecule has 230 valence electrons. The predicted molar refractivity (Wildman–Crippen MR) is 150 cm³/mol. The zero-order valence-corrected chi connectivity index (χ0v) is 24.6. The fourth-order valence-electron chi connectivity index (χ4n) is 5.11. The van der Waals surface area contributed by atoms with Crippen LogP contribution in [0.1, 0.15) is 46.5 Å². The Bertz CT molecular complexity index is 1530. The Morgan fingerprint density at radius 2 is 1.56 bits per heavy atom. The lowest BCUT2D eigenvalue weighted by atomic mass is 9.81. The molecule has 5 nitrogen and oxygen atoms in total. The van der Waals surface area contributed by atoms with Gasteiger partial charge in [-0.3, -0.25) is 9.69 Å². The molecule has 0 bridgehead atoms. The molecule has 2 aromatic carbocycles. The Morgan fingerprint density at radius 3 is 2.07 bits per heavy atom. The molecule has 0 spiro atoms. The molecule has 2 heterocycles. The Hall–Kier alpha value is -3.47. The van der Waals surface area contributed by atoms with E-state index in [0.29, 0.717) is 52.6 Å². The van der Waals surface area contributed by atoms with Crippen LogP contribution in [0.3, 0.4) is 0 Å². The first-order valence-corrected chi connectivity index (χ1v) is 14.1. The van der Waals surface area contributed by atoms with Crippen LogP contribution in [0.15, 0.2) is 36.4 Å². The SMILES string of the molecule is Cc1cc(F)ccc1-c1sc(CN2CCNCC2)c(C#N)c1N(C)C(=O)C(C)(C)c1cc(C(F)(F)F)cc(C(F)(F)F)c1. The van der Waals surface area contributed by atoms with Crippen LogP contribution in [0.2, 0.25) is 0 Å². The molecule has 1 aromatic heterocycles. The quantitative estimate of drug-likeness (QED) is 0.296. The molecule has 0 unspecified atom stereocenters. The molecule has 1 aliphatic heterocycles. The normalized spacial score (nSPS) is 14.9. The van der Waals surface area contributed by atoms with Crippen molar-refractivity contribution in [1.82, 2.24) is 10.2 Å². The number of hydrogen-bond acceptors (Lipinski definition) is 5. The maximum absolute atomic E-state index is 14.1. The van der Waals surface area contributed by atoms with Crippen molar-refractivity contribution in [2.75, 3.05) is 38.1 Å². The van der Waals surface area contributed by atoms with Gasteiger partial charge in [0.05, 0.1) is 32.7 Å². The van der Waals surface area contributed by atoms with E-state index in [1.54, 1.807) is 6.92 Å². The molecule has 43 heavy (non-hydrogen) atoms. The Labute approximate surface area is 248 Å². The molecule has 0 radical (unpaired) electrons. The number of carbonyl (C=O) groups excluding carboxylic acids is 1. The van der Waals surface area contributed by atoms with Crippen molar-refractivity contribution in [3.05, 3.63) is 74.9 Å². The van der Waals surface area contributed by atoms with Crippen LogP contribution in [-0.4, -0.2) is 44.0 Å². The van der Waals surface area contributed by atoms with E-state index in [1.165, 1.54) is 50.4 Å². The highest BCUT2D eigenvalue weighted by Gasteiger charge is 2.42. The number of nitrogens with zero attached hydrogens (tertiary/aromatic N) is 3. The van der Waals surface area contributed by atoms with Crippen molar-refractivity contribution >= 4 is 22.9 Å². The first kappa shape index (κ1) is 32.4. The van der Waals surface area contributed by atoms with Gasteiger partial charge in [-0.25, -0.2) is 4.39 Å². The fourth-order valence-corrected chi connectivity index (χ4v) is 6.52. The molecular formula is C30H29F7N4OS. The molecule has 13 heteroatoms. The maximum Gasteiger partial charge on any atom is 0.416 e. The minimum Gasteiger partial charge on any atom is -0.314 e. The number of carbonyl (C=O) groups is 1. The summed E-state index contributed by atoms with van der Waals surface area (Å²) in [6.07, 6.45) is -10.2. The van der Waals surface area contributed by atoms with Crippen LogP contribution in [0.25, 0.3) is 10.4 Å². The predicted octanol–water partition coefficient (Wildman–Crippen LogP) is 7.12. The topological polar surface area (TPSA) is 59.4 Å². The summed E-state index contributed by atoms with van der Waals surface area (Å²) in [4.78, 5) is 18.4. The first-order chi connectivity index (χ1) is 19.9. The molecule has 0 atom stereocenters. The van der Waals surface area contributed by atoms with E-state index in [0.717, 1.165) is 18.0 Å². The lowest BCUT2D eigenvalue weighted by Gasteiger charge is -2.31. The summed E-state index contributed by atoms with van der Waals surface area (Å²) < 4.78 is 95.7. The van der Waals surface area contributed by atoms with Crippen molar-refractivity contribution in [3.8, 4) is 16.5 Å². The Morgan fingerprint density at radius 1 is 1.00 bits per heavy atom. The van der Waals surface area contributed by atoms with Gasteiger partial charge in [0, 0.05) is 44.6 Å². The molecule has 1 amide bonds. The smallest absolute Gasteiger partial charge is 0.314 e. The van der Waals surface area contributed by atoms with Gasteiger partial charge < -0.3 is 10.2 Å². The third kappa shape index (κ3) is 6.71. The summed E-state index contributed by atoms with van der Waals surface area (Å²) in [6, 6.07) is 7.31. The summed E-state index contributed by atoms with van der Waals surface area (Å²) in [5, 5.41) is 13.5. The number of halogens is 7. The molecule has 3 aromatic rings. The van der Waals surface area contributed by atoms with Crippen LogP contribution in [0, 0.1) is 24.1 Å². The number of anilines is 1. The van der Waals surface area contributed by atoms with Gasteiger partial charge >= 0.3 is 12.4 Å². The number of nitrogens with one attached hydrogen (secondary N) is 1. The zero-order chi connectivity index (χ0) is 31.9. The van der Waals surface area contributed by atoms with Crippen molar-refractivity contribution in [2.24, 2.45) is 0 Å². The number of amides is 1. The second-order valence-electron chi connectivity index (χ2n) is 11.0. The molecule has 1 saturated heterocycles. The van der Waals surface area contributed by atoms with Gasteiger partial charge in [0.1, 0.15) is 11.9 Å². The van der Waals surface area contributed by atoms with Gasteiger partial charge in [-0.15, -0.1) is 11.3 Å². The van der Waals surface area contributed by atoms with E-state index in [1.807, 2.05) is 0 Å². The Kier molecular flexibility index (Phi) is 8.98. The van der Waals surface area contributed by atoms with Crippen LogP contribution in [0.5, 0.6) is 0 Å². The van der Waals surface area contributed by atoms with Crippen LogP contribution < -0.4 is 10.2 Å². The van der Waals surface area contributed by atoms with Gasteiger partial charge in [0.2, 0.25) is 5.91 Å². The second-order valence-corrected chi connectivity index (χ2v) is 12.1. The maximum atomic E-state index is 14.1. The number of piperazine rings is 1. The van der Waals surface area contributed by atoms with Crippen LogP contribution >= 0.6 is 11.3 Å². The highest BCUT2D eigenvalue weighted by atomic mass is 32.1. The molecular weight excluding hydrogens is 597 g/mol. The van der Waals surface area contributed by atoms with E-state index in [9.17, 15) is 40.8 Å². The third-order valence-electron chi connectivity index (χ3n) is 7.56. The number of likely N-dealkylation sites (N-methyl/N-ethyl adjacent to an activating group) is 1. The van der Waals surface area contributed by atoms with Crippen LogP contribution in [-0.2, 0) is 29.1 Å². The average molecular weight is 627 g/mol. The molecule has 4 rings (SSSR count). The standard InChI is InChI=1S/C30H29F7N4OS/c1-17-11-21(31)5-6-22(17)26-25(23(15-38)24(43-26)16-41-9-7-39-8-10-41)40(4)27(42)28(2,3)18-12-19(29(32,33)34)14-20(13-18)30(35,36)37/h5-6,11-14,39H,7-10,16H2,1-4H3. The monoisotopic (exact) mass is 626 g/mol. The lowest BCUT2D eigenvalue weighted by molar-refractivity contribution is -0.143. The summed E-state index contributed by atoms with van der Waals surface area (Å²) in [7, 11) is 1.34. The van der Waals surface area contributed by atoms with Crippen molar-refractivity contribution in [3.63, 3.8) is 0 Å². The highest BCUT2D eigenvalue weighted by Crippen LogP contribution is 2.46. The van der Waals surface area contributed by atoms with Gasteiger partial charge in [0.25, 0.3) is 0 Å². The van der Waals surface area contributed by atoms with Gasteiger partial charge in [-0.05, 0) is 67.8 Å². The van der Waals surface area contributed by atoms with E-state index in [2.05, 4.69) is 16.3 Å². The molecule has 1 aliphatic rings. The Balaban J connectivity index is 1.86. The number of rotatable bonds is 6. The number of benzene rings is 2. The number of hydrogen-bond donors (Lipinski definition) is 1. The molecule has 0 aliphatic carbocycles. The number of aryl methyl sites for hydroxylation is 1. The fraction of sp³-hybridized carbons (Fsp3) is 0.400. The number of nitriles is 1. The average Bonchev–Trinajstić information content (AvgIpc) is 3.29. The summed E-state index contributed by atoms with van der Waals surface area (Å²) in [6.45, 7) is 7.44. The molecule has 1 N–H and O–H groups in total. The van der Waals surface area contributed by atoms with Gasteiger partial charge in [0.15, 0.2) is 0 Å². The third-order valence-corrected chi connectivity index (χ3v) is 8.76. The van der Waals surface area contributed by atoms with E-state index >= 15 is 0 Å². The minimum atomic E-state index is -5.09. The lowest BCUT2D eigenvalue weighted by Crippen LogP contribution is -2.43. The minimum absolute atomic E-state index is 0.0121. The van der Waals surface area contributed by atoms with Gasteiger partial charge in [-0.2, -0.15) is 31.6 Å². The summed E-state index contributed by atoms with van der Waals surface area (Å²) in [5.41, 5.74) is -4.04. The first-order valence-electron chi connectivity index (χ1n) is 13.3. The summed E-state index contributed by atoms with van der Waals surface area (Å²) >= 11 is 1.24. The van der Waals surface area contributed by atoms with Crippen LogP contribution in [0.4, 0.5) is 36.4 Å². The van der Waals surface area contributed by atoms with Gasteiger partial charge in [-0.1, -0.05) is 6.07 Å². The largest absolute Gasteiger partial charge is 0.416 e. The second kappa shape index (κ2) is 11.9.